The molecule has 0 fully saturated rings. The maximum atomic E-state index is 5.38. The van der Waals surface area contributed by atoms with E-state index < -0.39 is 0 Å². The predicted molar refractivity (Wildman–Crippen MR) is 265 cm³/mol. The van der Waals surface area contributed by atoms with Crippen LogP contribution in [0.5, 0.6) is 0 Å². The first-order valence-electron chi connectivity index (χ1n) is 21.6. The summed E-state index contributed by atoms with van der Waals surface area (Å²) in [5.74, 6) is 0.692. The Labute approximate surface area is 371 Å². The van der Waals surface area contributed by atoms with E-state index in [9.17, 15) is 0 Å². The third-order valence-corrected chi connectivity index (χ3v) is 14.1. The van der Waals surface area contributed by atoms with Crippen LogP contribution in [-0.4, -0.2) is 9.97 Å². The summed E-state index contributed by atoms with van der Waals surface area (Å²) in [7, 11) is 0. The van der Waals surface area contributed by atoms with Crippen molar-refractivity contribution in [3.05, 3.63) is 241 Å². The molecule has 0 saturated carbocycles. The van der Waals surface area contributed by atoms with E-state index >= 15 is 0 Å². The normalized spacial score (nSPS) is 14.2. The second-order valence-electron chi connectivity index (χ2n) is 16.6. The second kappa shape index (κ2) is 15.0. The Morgan fingerprint density at radius 1 is 0.333 bits per heavy atom. The first-order chi connectivity index (χ1) is 31.1. The molecule has 12 rings (SSSR count). The fourth-order valence-electron chi connectivity index (χ4n) is 9.79. The van der Waals surface area contributed by atoms with Crippen LogP contribution >= 0.6 is 11.3 Å². The second-order valence-corrected chi connectivity index (χ2v) is 17.7. The Kier molecular flexibility index (Phi) is 8.84. The lowest BCUT2D eigenvalue weighted by molar-refractivity contribution is 0.714. The van der Waals surface area contributed by atoms with Gasteiger partial charge in [0, 0.05) is 42.3 Å². The lowest BCUT2D eigenvalue weighted by Gasteiger charge is -2.28. The van der Waals surface area contributed by atoms with Crippen LogP contribution in [0.1, 0.15) is 23.6 Å². The van der Waals surface area contributed by atoms with E-state index in [-0.39, 0.29) is 5.41 Å². The van der Waals surface area contributed by atoms with Crippen LogP contribution in [0, 0.1) is 0 Å². The Hall–Kier alpha value is -7.72. The lowest BCUT2D eigenvalue weighted by Crippen LogP contribution is -2.22. The van der Waals surface area contributed by atoms with E-state index in [4.69, 9.17) is 9.97 Å². The zero-order valence-electron chi connectivity index (χ0n) is 34.7. The molecule has 0 N–H and O–H groups in total. The summed E-state index contributed by atoms with van der Waals surface area (Å²) >= 11 is 1.85. The summed E-state index contributed by atoms with van der Waals surface area (Å²) < 4.78 is 2.60. The molecule has 0 spiro atoms. The topological polar surface area (TPSA) is 25.8 Å². The maximum absolute atomic E-state index is 5.38. The molecule has 3 heteroatoms. The van der Waals surface area contributed by atoms with Crippen LogP contribution in [0.25, 0.3) is 98.6 Å². The molecule has 1 aliphatic carbocycles. The van der Waals surface area contributed by atoms with Crippen molar-refractivity contribution in [1.29, 1.82) is 0 Å². The molecule has 296 valence electrons. The van der Waals surface area contributed by atoms with Crippen LogP contribution in [0.15, 0.2) is 224 Å². The molecular weight excluding hydrogens is 781 g/mol. The van der Waals surface area contributed by atoms with Crippen LogP contribution in [0.4, 0.5) is 0 Å². The van der Waals surface area contributed by atoms with Crippen molar-refractivity contribution in [2.24, 2.45) is 0 Å². The van der Waals surface area contributed by atoms with E-state index in [1.165, 1.54) is 53.6 Å². The summed E-state index contributed by atoms with van der Waals surface area (Å²) in [4.78, 5) is 10.7. The van der Waals surface area contributed by atoms with Crippen molar-refractivity contribution in [1.82, 2.24) is 9.97 Å². The van der Waals surface area contributed by atoms with Gasteiger partial charge in [-0.15, -0.1) is 11.3 Å². The standard InChI is InChI=1S/C60H40N2S/c1-60(46-21-9-4-10-22-46)53-27-15-13-24-48(53)49-31-29-41(37-54(49)60)44-33-43(39-17-5-2-6-18-39)34-45(35-44)55-38-56(62-59(61-55)40-19-7-3-8-20-40)50-25-12-11-23-47(50)42-30-32-58-52(36-42)51-26-14-16-28-57(51)63-58/h2-38H,1H3. The van der Waals surface area contributed by atoms with Gasteiger partial charge in [-0.1, -0.05) is 176 Å². The number of benzene rings is 9. The average Bonchev–Trinajstić information content (AvgIpc) is 3.86. The van der Waals surface area contributed by atoms with E-state index in [1.54, 1.807) is 0 Å². The molecule has 9 aromatic carbocycles. The summed E-state index contributed by atoms with van der Waals surface area (Å²) in [6.45, 7) is 2.38. The van der Waals surface area contributed by atoms with Gasteiger partial charge in [-0.25, -0.2) is 9.97 Å². The largest absolute Gasteiger partial charge is 0.228 e. The number of thiophene rings is 1. The van der Waals surface area contributed by atoms with E-state index in [2.05, 4.69) is 225 Å². The first kappa shape index (κ1) is 37.1. The zero-order chi connectivity index (χ0) is 41.9. The van der Waals surface area contributed by atoms with Crippen LogP contribution < -0.4 is 0 Å². The van der Waals surface area contributed by atoms with E-state index in [0.29, 0.717) is 5.82 Å². The molecule has 1 aliphatic rings. The van der Waals surface area contributed by atoms with Crippen molar-refractivity contribution in [3.63, 3.8) is 0 Å². The maximum Gasteiger partial charge on any atom is 0.160 e. The number of rotatable bonds is 7. The van der Waals surface area contributed by atoms with E-state index in [1.807, 2.05) is 17.4 Å². The number of hydrogen-bond acceptors (Lipinski definition) is 3. The Bertz CT molecular complexity index is 3520. The number of hydrogen-bond donors (Lipinski definition) is 0. The summed E-state index contributed by atoms with van der Waals surface area (Å²) in [5, 5.41) is 2.57. The highest BCUT2D eigenvalue weighted by molar-refractivity contribution is 7.25. The number of aromatic nitrogens is 2. The van der Waals surface area contributed by atoms with Gasteiger partial charge in [0.25, 0.3) is 0 Å². The molecule has 1 unspecified atom stereocenters. The zero-order valence-corrected chi connectivity index (χ0v) is 35.5. The first-order valence-corrected chi connectivity index (χ1v) is 22.4. The minimum Gasteiger partial charge on any atom is -0.228 e. The van der Waals surface area contributed by atoms with Gasteiger partial charge in [0.2, 0.25) is 0 Å². The van der Waals surface area contributed by atoms with Crippen molar-refractivity contribution >= 4 is 31.5 Å². The fourth-order valence-corrected chi connectivity index (χ4v) is 10.9. The van der Waals surface area contributed by atoms with Gasteiger partial charge in [0.05, 0.1) is 11.4 Å². The van der Waals surface area contributed by atoms with Crippen LogP contribution in [0.2, 0.25) is 0 Å². The van der Waals surface area contributed by atoms with Gasteiger partial charge in [0.15, 0.2) is 5.82 Å². The SMILES string of the molecule is CC1(c2ccccc2)c2ccccc2-c2ccc(-c3cc(-c4ccccc4)cc(-c4cc(-c5ccccc5-c5ccc6sc7ccccc7c6c5)nc(-c5ccccc5)n4)c3)cc21. The molecular formula is C60H40N2S. The average molecular weight is 821 g/mol. The summed E-state index contributed by atoms with van der Waals surface area (Å²) in [5.41, 5.74) is 18.0. The van der Waals surface area contributed by atoms with Gasteiger partial charge in [-0.05, 0) is 117 Å². The minimum absolute atomic E-state index is 0.302. The molecule has 0 aliphatic heterocycles. The number of nitrogens with zero attached hydrogens (tertiary/aromatic N) is 2. The van der Waals surface area contributed by atoms with Gasteiger partial charge >= 0.3 is 0 Å². The summed E-state index contributed by atoms with van der Waals surface area (Å²) in [6, 6.07) is 81.3. The fraction of sp³-hybridized carbons (Fsp3) is 0.0333. The molecule has 2 aromatic heterocycles. The predicted octanol–water partition coefficient (Wildman–Crippen LogP) is 16.2. The third kappa shape index (κ3) is 6.31. The molecule has 0 radical (unpaired) electrons. The summed E-state index contributed by atoms with van der Waals surface area (Å²) in [6.07, 6.45) is 0. The van der Waals surface area contributed by atoms with Gasteiger partial charge in [-0.2, -0.15) is 0 Å². The molecule has 0 saturated heterocycles. The van der Waals surface area contributed by atoms with Gasteiger partial charge in [-0.3, -0.25) is 0 Å². The van der Waals surface area contributed by atoms with Crippen LogP contribution in [0.3, 0.4) is 0 Å². The van der Waals surface area contributed by atoms with Crippen molar-refractivity contribution in [2.45, 2.75) is 12.3 Å². The molecule has 11 aromatic rings. The molecule has 63 heavy (non-hydrogen) atoms. The smallest absolute Gasteiger partial charge is 0.160 e. The molecule has 2 heterocycles. The number of fused-ring (bicyclic) bond motifs is 6. The third-order valence-electron chi connectivity index (χ3n) is 13.0. The Morgan fingerprint density at radius 2 is 0.905 bits per heavy atom. The Morgan fingerprint density at radius 3 is 1.70 bits per heavy atom. The van der Waals surface area contributed by atoms with Crippen molar-refractivity contribution in [2.75, 3.05) is 0 Å². The Balaban J connectivity index is 1.05. The molecule has 1 atom stereocenters. The molecule has 0 amide bonds. The lowest BCUT2D eigenvalue weighted by atomic mass is 9.74. The van der Waals surface area contributed by atoms with Crippen LogP contribution in [-0.2, 0) is 5.41 Å². The van der Waals surface area contributed by atoms with Crippen molar-refractivity contribution in [3.8, 4) is 78.4 Å². The quantitative estimate of drug-likeness (QED) is 0.160. The molecule has 2 nitrogen and oxygen atoms in total. The highest BCUT2D eigenvalue weighted by Gasteiger charge is 2.40. The van der Waals surface area contributed by atoms with E-state index in [0.717, 1.165) is 55.9 Å². The highest BCUT2D eigenvalue weighted by atomic mass is 32.1. The monoisotopic (exact) mass is 820 g/mol. The van der Waals surface area contributed by atoms with Crippen molar-refractivity contribution < 1.29 is 0 Å². The van der Waals surface area contributed by atoms with Gasteiger partial charge in [0.1, 0.15) is 0 Å². The molecule has 0 bridgehead atoms. The highest BCUT2D eigenvalue weighted by Crippen LogP contribution is 2.53. The van der Waals surface area contributed by atoms with Gasteiger partial charge < -0.3 is 0 Å². The minimum atomic E-state index is -0.302.